The molecule has 7 nitrogen and oxygen atoms in total. The first-order valence-corrected chi connectivity index (χ1v) is 12.6. The van der Waals surface area contributed by atoms with Gasteiger partial charge in [0.15, 0.2) is 0 Å². The minimum atomic E-state index is -0.794. The quantitative estimate of drug-likeness (QED) is 0.659. The number of hydrogen-bond acceptors (Lipinski definition) is 4. The van der Waals surface area contributed by atoms with Gasteiger partial charge in [-0.3, -0.25) is 9.59 Å². The molecule has 0 spiro atoms. The Balaban J connectivity index is 1.05. The number of carboxylic acids is 1. The number of rotatable bonds is 6. The summed E-state index contributed by atoms with van der Waals surface area (Å²) in [6, 6.07) is 16.2. The molecule has 2 saturated carbocycles. The molecule has 182 valence electrons. The van der Waals surface area contributed by atoms with Crippen LogP contribution in [0.5, 0.6) is 0 Å². The Bertz CT molecular complexity index is 1130. The molecule has 2 heterocycles. The molecule has 3 aliphatic carbocycles. The number of carbonyl (C=O) groups is 3. The van der Waals surface area contributed by atoms with E-state index < -0.39 is 18.0 Å². The van der Waals surface area contributed by atoms with Gasteiger partial charge in [-0.25, -0.2) is 4.79 Å². The van der Waals surface area contributed by atoms with E-state index in [0.717, 1.165) is 25.7 Å². The van der Waals surface area contributed by atoms with E-state index in [-0.39, 0.29) is 42.4 Å². The number of aliphatic carboxylic acids is 1. The normalized spacial score (nSPS) is 28.2. The molecule has 2 aromatic carbocycles. The van der Waals surface area contributed by atoms with Gasteiger partial charge in [-0.2, -0.15) is 0 Å². The van der Waals surface area contributed by atoms with Gasteiger partial charge in [-0.1, -0.05) is 55.0 Å². The lowest BCUT2D eigenvalue weighted by molar-refractivity contribution is -0.148. The molecule has 2 aliphatic heterocycles. The third-order valence-electron chi connectivity index (χ3n) is 8.65. The summed E-state index contributed by atoms with van der Waals surface area (Å²) in [4.78, 5) is 38.9. The van der Waals surface area contributed by atoms with E-state index in [1.165, 1.54) is 22.3 Å². The van der Waals surface area contributed by atoms with Crippen LogP contribution in [0.4, 0.5) is 4.79 Å². The molecule has 2 aromatic rings. The molecule has 2 bridgehead atoms. The first-order chi connectivity index (χ1) is 17.0. The van der Waals surface area contributed by atoms with Crippen LogP contribution in [0.2, 0.25) is 0 Å². The van der Waals surface area contributed by atoms with Crippen molar-refractivity contribution in [2.45, 2.75) is 50.1 Å². The lowest BCUT2D eigenvalue weighted by Crippen LogP contribution is -2.46. The van der Waals surface area contributed by atoms with Gasteiger partial charge < -0.3 is 20.1 Å². The number of nitrogens with one attached hydrogen (secondary N) is 1. The van der Waals surface area contributed by atoms with Crippen LogP contribution in [-0.2, 0) is 14.3 Å². The van der Waals surface area contributed by atoms with Crippen LogP contribution in [0.3, 0.4) is 0 Å². The SMILES string of the molecule is O=C(NC1CCCC1CC(=O)N1CC2CC1C2C(=O)O)OCC1c2ccccc2-c2ccccc21. The summed E-state index contributed by atoms with van der Waals surface area (Å²) in [5, 5.41) is 12.4. The van der Waals surface area contributed by atoms with Crippen LogP contribution in [0.25, 0.3) is 11.1 Å². The summed E-state index contributed by atoms with van der Waals surface area (Å²) in [7, 11) is 0. The maximum Gasteiger partial charge on any atom is 0.407 e. The molecule has 5 atom stereocenters. The van der Waals surface area contributed by atoms with E-state index in [9.17, 15) is 19.5 Å². The first-order valence-electron chi connectivity index (χ1n) is 12.6. The molecule has 7 rings (SSSR count). The van der Waals surface area contributed by atoms with Gasteiger partial charge in [-0.15, -0.1) is 0 Å². The predicted molar refractivity (Wildman–Crippen MR) is 129 cm³/mol. The fraction of sp³-hybridized carbons (Fsp3) is 0.464. The van der Waals surface area contributed by atoms with Crippen LogP contribution < -0.4 is 5.32 Å². The van der Waals surface area contributed by atoms with E-state index in [2.05, 4.69) is 29.6 Å². The van der Waals surface area contributed by atoms with Crippen LogP contribution in [0.15, 0.2) is 48.5 Å². The van der Waals surface area contributed by atoms with E-state index in [4.69, 9.17) is 4.74 Å². The molecule has 0 aromatic heterocycles. The molecule has 35 heavy (non-hydrogen) atoms. The van der Waals surface area contributed by atoms with Gasteiger partial charge in [0, 0.05) is 31.0 Å². The smallest absolute Gasteiger partial charge is 0.407 e. The van der Waals surface area contributed by atoms with Crippen molar-refractivity contribution >= 4 is 18.0 Å². The van der Waals surface area contributed by atoms with E-state index >= 15 is 0 Å². The number of ether oxygens (including phenoxy) is 1. The molecule has 5 unspecified atom stereocenters. The van der Waals surface area contributed by atoms with Crippen molar-refractivity contribution in [1.29, 1.82) is 0 Å². The Morgan fingerprint density at radius 3 is 2.34 bits per heavy atom. The second kappa shape index (κ2) is 8.70. The summed E-state index contributed by atoms with van der Waals surface area (Å²) in [6.45, 7) is 0.821. The third-order valence-corrected chi connectivity index (χ3v) is 8.65. The maximum atomic E-state index is 13.0. The number of fused-ring (bicyclic) bond motifs is 4. The van der Waals surface area contributed by atoms with Crippen molar-refractivity contribution in [1.82, 2.24) is 10.2 Å². The summed E-state index contributed by atoms with van der Waals surface area (Å²) in [5.41, 5.74) is 4.73. The highest BCUT2D eigenvalue weighted by Gasteiger charge is 2.57. The molecule has 5 aliphatic rings. The zero-order chi connectivity index (χ0) is 24.1. The number of benzene rings is 2. The molecule has 7 heteroatoms. The van der Waals surface area contributed by atoms with Gasteiger partial charge in [-0.05, 0) is 53.4 Å². The summed E-state index contributed by atoms with van der Waals surface area (Å²) in [6.07, 6.45) is 3.37. The molecule has 2 saturated heterocycles. The second-order valence-electron chi connectivity index (χ2n) is 10.4. The van der Waals surface area contributed by atoms with Crippen LogP contribution in [0.1, 0.15) is 49.1 Å². The summed E-state index contributed by atoms with van der Waals surface area (Å²) < 4.78 is 5.71. The number of hydrogen-bond donors (Lipinski definition) is 2. The third kappa shape index (κ3) is 3.77. The van der Waals surface area contributed by atoms with Crippen molar-refractivity contribution in [2.75, 3.05) is 13.2 Å². The topological polar surface area (TPSA) is 95.9 Å². The van der Waals surface area contributed by atoms with Gasteiger partial charge >= 0.3 is 12.1 Å². The Morgan fingerprint density at radius 1 is 1.00 bits per heavy atom. The lowest BCUT2D eigenvalue weighted by atomic mass is 9.74. The van der Waals surface area contributed by atoms with Crippen LogP contribution in [-0.4, -0.2) is 53.2 Å². The first kappa shape index (κ1) is 22.1. The van der Waals surface area contributed by atoms with Crippen molar-refractivity contribution in [2.24, 2.45) is 17.8 Å². The van der Waals surface area contributed by atoms with Crippen molar-refractivity contribution in [3.8, 4) is 11.1 Å². The average Bonchev–Trinajstić information content (AvgIpc) is 3.60. The number of amides is 2. The van der Waals surface area contributed by atoms with Gasteiger partial charge in [0.05, 0.1) is 5.92 Å². The Hall–Kier alpha value is -3.35. The molecular formula is C28H30N2O5. The number of carboxylic acid groups (broad SMARTS) is 1. The molecule has 2 amide bonds. The Kier molecular flexibility index (Phi) is 5.50. The Labute approximate surface area is 204 Å². The maximum absolute atomic E-state index is 13.0. The molecule has 2 N–H and O–H groups in total. The van der Waals surface area contributed by atoms with E-state index in [1.54, 1.807) is 4.90 Å². The zero-order valence-corrected chi connectivity index (χ0v) is 19.6. The monoisotopic (exact) mass is 474 g/mol. The number of nitrogens with zero attached hydrogens (tertiary/aromatic N) is 1. The van der Waals surface area contributed by atoms with Crippen molar-refractivity contribution in [3.63, 3.8) is 0 Å². The van der Waals surface area contributed by atoms with Gasteiger partial charge in [0.2, 0.25) is 5.91 Å². The second-order valence-corrected chi connectivity index (χ2v) is 10.4. The minimum absolute atomic E-state index is 0.0120. The fourth-order valence-corrected chi connectivity index (χ4v) is 6.88. The molecular weight excluding hydrogens is 444 g/mol. The average molecular weight is 475 g/mol. The molecule has 4 fully saturated rings. The van der Waals surface area contributed by atoms with Gasteiger partial charge in [0.25, 0.3) is 0 Å². The summed E-state index contributed by atoms with van der Waals surface area (Å²) in [5.74, 6) is -1.01. The zero-order valence-electron chi connectivity index (χ0n) is 19.6. The van der Waals surface area contributed by atoms with E-state index in [1.807, 2.05) is 24.3 Å². The minimum Gasteiger partial charge on any atom is -0.481 e. The summed E-state index contributed by atoms with van der Waals surface area (Å²) >= 11 is 0. The van der Waals surface area contributed by atoms with E-state index in [0.29, 0.717) is 13.0 Å². The van der Waals surface area contributed by atoms with Gasteiger partial charge in [0.1, 0.15) is 6.61 Å². The van der Waals surface area contributed by atoms with Crippen molar-refractivity contribution in [3.05, 3.63) is 59.7 Å². The molecule has 0 radical (unpaired) electrons. The largest absolute Gasteiger partial charge is 0.481 e. The predicted octanol–water partition coefficient (Wildman–Crippen LogP) is 4.02. The van der Waals surface area contributed by atoms with Crippen LogP contribution >= 0.6 is 0 Å². The van der Waals surface area contributed by atoms with Crippen molar-refractivity contribution < 1.29 is 24.2 Å². The Morgan fingerprint density at radius 2 is 1.69 bits per heavy atom. The fourth-order valence-electron chi connectivity index (χ4n) is 6.88. The standard InChI is InChI=1S/C28H30N2O5/c31-25(30-14-17-12-24(30)26(17)27(32)33)13-16-6-5-11-23(16)29-28(34)35-15-22-20-9-3-1-7-18(20)19-8-2-4-10-21(19)22/h1-4,7-10,16-17,22-24,26H,5-6,11-15H2,(H,29,34)(H,32,33). The number of alkyl carbamates (subject to hydrolysis) is 1. The highest BCUT2D eigenvalue weighted by Crippen LogP contribution is 2.47. The number of carbonyl (C=O) groups excluding carboxylic acids is 2. The highest BCUT2D eigenvalue weighted by molar-refractivity contribution is 5.82. The van der Waals surface area contributed by atoms with Crippen LogP contribution in [0, 0.1) is 17.8 Å². The highest BCUT2D eigenvalue weighted by atomic mass is 16.5. The lowest BCUT2D eigenvalue weighted by Gasteiger charge is -2.33.